The van der Waals surface area contributed by atoms with E-state index in [1.807, 2.05) is 6.92 Å². The fourth-order valence-corrected chi connectivity index (χ4v) is 3.08. The molecule has 0 spiro atoms. The molecule has 0 aliphatic carbocycles. The molecule has 1 aromatic heterocycles. The van der Waals surface area contributed by atoms with Crippen LogP contribution in [0.2, 0.25) is 0 Å². The minimum absolute atomic E-state index is 0.0562. The molecule has 1 aliphatic rings. The van der Waals surface area contributed by atoms with E-state index in [1.54, 1.807) is 14.0 Å². The van der Waals surface area contributed by atoms with Gasteiger partial charge >= 0.3 is 5.97 Å². The molecule has 2 atom stereocenters. The lowest BCUT2D eigenvalue weighted by atomic mass is 10.2. The van der Waals surface area contributed by atoms with Crippen LogP contribution in [0, 0.1) is 6.92 Å². The van der Waals surface area contributed by atoms with E-state index < -0.39 is 12.1 Å². The number of methoxy groups -OCH3 is 1. The van der Waals surface area contributed by atoms with Gasteiger partial charge < -0.3 is 19.5 Å². The minimum Gasteiger partial charge on any atom is -0.479 e. The highest BCUT2D eigenvalue weighted by Gasteiger charge is 2.31. The van der Waals surface area contributed by atoms with Crippen molar-refractivity contribution < 1.29 is 24.2 Å². The molecule has 1 amide bonds. The number of carboxylic acid groups (broad SMARTS) is 1. The largest absolute Gasteiger partial charge is 0.479 e. The summed E-state index contributed by atoms with van der Waals surface area (Å²) in [5.74, 6) is -1.25. The van der Waals surface area contributed by atoms with Crippen LogP contribution in [0.15, 0.2) is 0 Å². The summed E-state index contributed by atoms with van der Waals surface area (Å²) in [5, 5.41) is 9.72. The second-order valence-electron chi connectivity index (χ2n) is 4.79. The van der Waals surface area contributed by atoms with Crippen molar-refractivity contribution in [3.63, 3.8) is 0 Å². The Morgan fingerprint density at radius 3 is 2.90 bits per heavy atom. The van der Waals surface area contributed by atoms with E-state index >= 15 is 0 Å². The van der Waals surface area contributed by atoms with Crippen molar-refractivity contribution in [1.82, 2.24) is 9.88 Å². The first-order chi connectivity index (χ1) is 9.93. The van der Waals surface area contributed by atoms with E-state index in [0.717, 1.165) is 5.01 Å². The van der Waals surface area contributed by atoms with Crippen LogP contribution in [0.3, 0.4) is 0 Å². The van der Waals surface area contributed by atoms with Crippen molar-refractivity contribution >= 4 is 23.2 Å². The van der Waals surface area contributed by atoms with Gasteiger partial charge in [0.25, 0.3) is 5.91 Å². The first-order valence-electron chi connectivity index (χ1n) is 6.57. The Bertz CT molecular complexity index is 545. The number of carboxylic acids is 1. The molecule has 0 unspecified atom stereocenters. The Morgan fingerprint density at radius 1 is 1.57 bits per heavy atom. The molecular formula is C13H18N2O5S. The molecule has 1 aliphatic heterocycles. The summed E-state index contributed by atoms with van der Waals surface area (Å²) in [6, 6.07) is 0. The average Bonchev–Trinajstić information content (AvgIpc) is 2.87. The number of aromatic nitrogens is 1. The number of hydrogen-bond donors (Lipinski definition) is 1. The molecule has 2 heterocycles. The minimum atomic E-state index is -1.05. The van der Waals surface area contributed by atoms with Gasteiger partial charge in [0.15, 0.2) is 6.10 Å². The van der Waals surface area contributed by atoms with Gasteiger partial charge in [0.1, 0.15) is 16.0 Å². The Hall–Kier alpha value is -1.51. The predicted molar refractivity (Wildman–Crippen MR) is 75.6 cm³/mol. The van der Waals surface area contributed by atoms with Crippen molar-refractivity contribution in [1.29, 1.82) is 0 Å². The number of aryl methyl sites for hydroxylation is 1. The lowest BCUT2D eigenvalue weighted by Crippen LogP contribution is -2.48. The van der Waals surface area contributed by atoms with Crippen molar-refractivity contribution in [3.8, 4) is 0 Å². The predicted octanol–water partition coefficient (Wildman–Crippen LogP) is 1.08. The molecule has 0 aromatic carbocycles. The summed E-state index contributed by atoms with van der Waals surface area (Å²) in [7, 11) is 1.59. The number of rotatable bonds is 4. The van der Waals surface area contributed by atoms with Gasteiger partial charge in [0.05, 0.1) is 18.8 Å². The number of carbonyl (C=O) groups excluding carboxylic acids is 1. The third-order valence-electron chi connectivity index (χ3n) is 3.34. The molecule has 1 aromatic rings. The Kier molecular flexibility index (Phi) is 4.92. The number of carbonyl (C=O) groups is 2. The summed E-state index contributed by atoms with van der Waals surface area (Å²) in [6.45, 7) is 4.30. The first kappa shape index (κ1) is 15.9. The van der Waals surface area contributed by atoms with Gasteiger partial charge in [-0.1, -0.05) is 0 Å². The van der Waals surface area contributed by atoms with Gasteiger partial charge in [0.2, 0.25) is 0 Å². The normalized spacial score (nSPS) is 20.3. The fraction of sp³-hybridized carbons (Fsp3) is 0.615. The van der Waals surface area contributed by atoms with Crippen molar-refractivity contribution in [2.75, 3.05) is 26.8 Å². The van der Waals surface area contributed by atoms with Gasteiger partial charge in [-0.25, -0.2) is 9.78 Å². The van der Waals surface area contributed by atoms with Crippen LogP contribution in [-0.4, -0.2) is 59.8 Å². The molecule has 2 rings (SSSR count). The zero-order chi connectivity index (χ0) is 15.6. The van der Waals surface area contributed by atoms with E-state index in [-0.39, 0.29) is 25.2 Å². The van der Waals surface area contributed by atoms with E-state index in [9.17, 15) is 9.59 Å². The maximum atomic E-state index is 12.5. The van der Waals surface area contributed by atoms with Crippen LogP contribution in [0.4, 0.5) is 0 Å². The zero-order valence-corrected chi connectivity index (χ0v) is 13.0. The highest BCUT2D eigenvalue weighted by atomic mass is 32.1. The molecule has 0 bridgehead atoms. The van der Waals surface area contributed by atoms with Gasteiger partial charge in [-0.2, -0.15) is 0 Å². The summed E-state index contributed by atoms with van der Waals surface area (Å²) >= 11 is 1.29. The second-order valence-corrected chi connectivity index (χ2v) is 5.82. The summed E-state index contributed by atoms with van der Waals surface area (Å²) in [6.07, 6.45) is -1.14. The molecule has 21 heavy (non-hydrogen) atoms. The quantitative estimate of drug-likeness (QED) is 0.894. The first-order valence-corrected chi connectivity index (χ1v) is 7.39. The van der Waals surface area contributed by atoms with E-state index in [1.165, 1.54) is 16.2 Å². The third kappa shape index (κ3) is 3.39. The van der Waals surface area contributed by atoms with Crippen LogP contribution >= 0.6 is 11.3 Å². The Balaban J connectivity index is 2.16. The smallest absolute Gasteiger partial charge is 0.334 e. The van der Waals surface area contributed by atoms with Crippen molar-refractivity contribution in [3.05, 3.63) is 15.6 Å². The SMILES string of the molecule is CO[C@H](C)c1nc(C)c(C(=O)N2CCO[C@H](C(=O)O)C2)s1. The number of amides is 1. The number of morpholine rings is 1. The Morgan fingerprint density at radius 2 is 2.29 bits per heavy atom. The topological polar surface area (TPSA) is 89.0 Å². The fourth-order valence-electron chi connectivity index (χ4n) is 2.02. The van der Waals surface area contributed by atoms with Gasteiger partial charge in [0, 0.05) is 13.7 Å². The summed E-state index contributed by atoms with van der Waals surface area (Å²) in [4.78, 5) is 29.9. The molecular weight excluding hydrogens is 296 g/mol. The summed E-state index contributed by atoms with van der Waals surface area (Å²) < 4.78 is 10.3. The zero-order valence-electron chi connectivity index (χ0n) is 12.2. The molecule has 1 fully saturated rings. The van der Waals surface area contributed by atoms with Crippen LogP contribution in [0.5, 0.6) is 0 Å². The van der Waals surface area contributed by atoms with Crippen LogP contribution in [0.1, 0.15) is 33.4 Å². The van der Waals surface area contributed by atoms with E-state index in [0.29, 0.717) is 17.1 Å². The molecule has 8 heteroatoms. The van der Waals surface area contributed by atoms with Gasteiger partial charge in [-0.15, -0.1) is 11.3 Å². The number of thiazole rings is 1. The number of nitrogens with zero attached hydrogens (tertiary/aromatic N) is 2. The maximum absolute atomic E-state index is 12.5. The molecule has 7 nitrogen and oxygen atoms in total. The number of aliphatic carboxylic acids is 1. The highest BCUT2D eigenvalue weighted by Crippen LogP contribution is 2.26. The molecule has 116 valence electrons. The molecule has 0 saturated carbocycles. The molecule has 0 radical (unpaired) electrons. The number of ether oxygens (including phenoxy) is 2. The van der Waals surface area contributed by atoms with Crippen molar-refractivity contribution in [2.45, 2.75) is 26.1 Å². The van der Waals surface area contributed by atoms with Gasteiger partial charge in [-0.05, 0) is 13.8 Å². The molecule has 1 N–H and O–H groups in total. The lowest BCUT2D eigenvalue weighted by molar-refractivity contribution is -0.154. The highest BCUT2D eigenvalue weighted by molar-refractivity contribution is 7.13. The summed E-state index contributed by atoms with van der Waals surface area (Å²) in [5.41, 5.74) is 0.641. The van der Waals surface area contributed by atoms with E-state index in [2.05, 4.69) is 4.98 Å². The van der Waals surface area contributed by atoms with E-state index in [4.69, 9.17) is 14.6 Å². The average molecular weight is 314 g/mol. The molecule has 1 saturated heterocycles. The third-order valence-corrected chi connectivity index (χ3v) is 4.64. The van der Waals surface area contributed by atoms with Crippen molar-refractivity contribution in [2.24, 2.45) is 0 Å². The van der Waals surface area contributed by atoms with Crippen LogP contribution in [0.25, 0.3) is 0 Å². The number of hydrogen-bond acceptors (Lipinski definition) is 6. The standard InChI is InChI=1S/C13H18N2O5S/c1-7-10(21-11(14-7)8(2)19-3)12(16)15-4-5-20-9(6-15)13(17)18/h8-9H,4-6H2,1-3H3,(H,17,18)/t8-,9+/m1/s1. The van der Waals surface area contributed by atoms with Crippen LogP contribution in [-0.2, 0) is 14.3 Å². The Labute approximate surface area is 126 Å². The second kappa shape index (κ2) is 6.50. The van der Waals surface area contributed by atoms with Crippen LogP contribution < -0.4 is 0 Å². The lowest BCUT2D eigenvalue weighted by Gasteiger charge is -2.30. The monoisotopic (exact) mass is 314 g/mol. The van der Waals surface area contributed by atoms with Gasteiger partial charge in [-0.3, -0.25) is 4.79 Å². The maximum Gasteiger partial charge on any atom is 0.334 e.